The summed E-state index contributed by atoms with van der Waals surface area (Å²) in [6.07, 6.45) is 2.19. The van der Waals surface area contributed by atoms with Gasteiger partial charge in [0.2, 0.25) is 11.4 Å². The average molecular weight is 365 g/mol. The zero-order valence-corrected chi connectivity index (χ0v) is 16.2. The number of fused-ring (bicyclic) bond motifs is 3. The quantitative estimate of drug-likeness (QED) is 0.373. The van der Waals surface area contributed by atoms with E-state index in [1.54, 1.807) is 0 Å². The highest BCUT2D eigenvalue weighted by Crippen LogP contribution is 2.37. The molecule has 2 aromatic carbocycles. The number of pyridine rings is 2. The molecule has 0 fully saturated rings. The fourth-order valence-electron chi connectivity index (χ4n) is 3.94. The molecule has 0 saturated carbocycles. The Morgan fingerprint density at radius 2 is 1.64 bits per heavy atom. The molecule has 0 atom stereocenters. The fraction of sp³-hybridized carbons (Fsp3) is 0.120. The first-order chi connectivity index (χ1) is 13.6. The molecule has 28 heavy (non-hydrogen) atoms. The van der Waals surface area contributed by atoms with Gasteiger partial charge in [-0.25, -0.2) is 9.55 Å². The Labute approximate surface area is 163 Å². The zero-order valence-electron chi connectivity index (χ0n) is 16.2. The van der Waals surface area contributed by atoms with E-state index in [4.69, 9.17) is 4.42 Å². The maximum Gasteiger partial charge on any atom is 0.227 e. The fourth-order valence-corrected chi connectivity index (χ4v) is 3.94. The Kier molecular flexibility index (Phi) is 3.76. The molecule has 0 amide bonds. The predicted molar refractivity (Wildman–Crippen MR) is 113 cm³/mol. The molecule has 0 aliphatic carbocycles. The van der Waals surface area contributed by atoms with Crippen LogP contribution >= 0.6 is 0 Å². The molecule has 5 rings (SSSR count). The first-order valence-corrected chi connectivity index (χ1v) is 9.47. The van der Waals surface area contributed by atoms with Gasteiger partial charge in [0.1, 0.15) is 12.6 Å². The Morgan fingerprint density at radius 3 is 2.43 bits per heavy atom. The van der Waals surface area contributed by atoms with Gasteiger partial charge in [-0.2, -0.15) is 0 Å². The SMILES string of the molecule is Cc1ccc2c(n1)oc1ccc(C)c(-c3ccc(-c4ccccc4)c[n+]3C)c12. The topological polar surface area (TPSA) is 29.9 Å². The number of aryl methyl sites for hydroxylation is 3. The molecule has 3 aromatic heterocycles. The van der Waals surface area contributed by atoms with Crippen LogP contribution in [0.5, 0.6) is 0 Å². The van der Waals surface area contributed by atoms with E-state index in [-0.39, 0.29) is 0 Å². The summed E-state index contributed by atoms with van der Waals surface area (Å²) in [6, 6.07) is 23.2. The summed E-state index contributed by atoms with van der Waals surface area (Å²) in [6.45, 7) is 4.14. The summed E-state index contributed by atoms with van der Waals surface area (Å²) in [5, 5.41) is 2.19. The van der Waals surface area contributed by atoms with Gasteiger partial charge in [-0.3, -0.25) is 0 Å². The second-order valence-corrected chi connectivity index (χ2v) is 7.32. The van der Waals surface area contributed by atoms with Gasteiger partial charge in [0, 0.05) is 28.1 Å². The van der Waals surface area contributed by atoms with Crippen LogP contribution in [0.4, 0.5) is 0 Å². The lowest BCUT2D eigenvalue weighted by Crippen LogP contribution is -2.31. The van der Waals surface area contributed by atoms with Gasteiger partial charge in [-0.05, 0) is 49.2 Å². The molecule has 0 aliphatic rings. The van der Waals surface area contributed by atoms with Crippen LogP contribution in [0, 0.1) is 13.8 Å². The van der Waals surface area contributed by atoms with Crippen LogP contribution in [0.3, 0.4) is 0 Å². The van der Waals surface area contributed by atoms with E-state index in [1.165, 1.54) is 22.3 Å². The summed E-state index contributed by atoms with van der Waals surface area (Å²) < 4.78 is 8.26. The predicted octanol–water partition coefficient (Wildman–Crippen LogP) is 5.76. The van der Waals surface area contributed by atoms with E-state index in [2.05, 4.69) is 78.3 Å². The smallest absolute Gasteiger partial charge is 0.227 e. The van der Waals surface area contributed by atoms with Crippen LogP contribution in [0.15, 0.2) is 77.3 Å². The molecule has 3 nitrogen and oxygen atoms in total. The minimum absolute atomic E-state index is 0.699. The Hall–Kier alpha value is -3.46. The maximum absolute atomic E-state index is 6.06. The molecule has 0 aliphatic heterocycles. The summed E-state index contributed by atoms with van der Waals surface area (Å²) in [4.78, 5) is 4.58. The van der Waals surface area contributed by atoms with Crippen LogP contribution in [0.1, 0.15) is 11.3 Å². The van der Waals surface area contributed by atoms with Crippen LogP contribution in [-0.4, -0.2) is 4.98 Å². The number of aromatic nitrogens is 2. The van der Waals surface area contributed by atoms with Crippen molar-refractivity contribution < 1.29 is 8.98 Å². The largest absolute Gasteiger partial charge is 0.438 e. The van der Waals surface area contributed by atoms with E-state index in [0.29, 0.717) is 5.71 Å². The molecule has 0 radical (unpaired) electrons. The molecule has 0 bridgehead atoms. The summed E-state index contributed by atoms with van der Waals surface area (Å²) in [5.74, 6) is 0. The van der Waals surface area contributed by atoms with Gasteiger partial charge in [0.05, 0.1) is 5.56 Å². The van der Waals surface area contributed by atoms with Gasteiger partial charge >= 0.3 is 0 Å². The van der Waals surface area contributed by atoms with E-state index in [9.17, 15) is 0 Å². The third-order valence-electron chi connectivity index (χ3n) is 5.35. The highest BCUT2D eigenvalue weighted by molar-refractivity contribution is 6.11. The van der Waals surface area contributed by atoms with Crippen LogP contribution < -0.4 is 4.57 Å². The van der Waals surface area contributed by atoms with Crippen molar-refractivity contribution in [3.8, 4) is 22.4 Å². The molecule has 3 heteroatoms. The second-order valence-electron chi connectivity index (χ2n) is 7.32. The lowest BCUT2D eigenvalue weighted by Gasteiger charge is -2.08. The molecule has 0 spiro atoms. The third-order valence-corrected chi connectivity index (χ3v) is 5.35. The van der Waals surface area contributed by atoms with Crippen LogP contribution in [0.2, 0.25) is 0 Å². The number of nitrogens with zero attached hydrogens (tertiary/aromatic N) is 2. The van der Waals surface area contributed by atoms with Crippen molar-refractivity contribution in [2.45, 2.75) is 13.8 Å². The molecule has 5 aromatic rings. The zero-order chi connectivity index (χ0) is 19.3. The van der Waals surface area contributed by atoms with Crippen molar-refractivity contribution in [1.82, 2.24) is 4.98 Å². The summed E-state index contributed by atoms with van der Waals surface area (Å²) in [5.41, 5.74) is 8.53. The highest BCUT2D eigenvalue weighted by atomic mass is 16.3. The normalized spacial score (nSPS) is 11.4. The maximum atomic E-state index is 6.06. The van der Waals surface area contributed by atoms with Gasteiger partial charge in [0.25, 0.3) is 0 Å². The van der Waals surface area contributed by atoms with Crippen molar-refractivity contribution in [3.63, 3.8) is 0 Å². The number of rotatable bonds is 2. The summed E-state index contributed by atoms with van der Waals surface area (Å²) >= 11 is 0. The molecule has 0 unspecified atom stereocenters. The van der Waals surface area contributed by atoms with Crippen molar-refractivity contribution in [1.29, 1.82) is 0 Å². The van der Waals surface area contributed by atoms with E-state index in [0.717, 1.165) is 27.7 Å². The molecular formula is C25H21N2O+. The molecule has 136 valence electrons. The highest BCUT2D eigenvalue weighted by Gasteiger charge is 2.21. The van der Waals surface area contributed by atoms with Crippen LogP contribution in [0.25, 0.3) is 44.5 Å². The Balaban J connectivity index is 1.77. The van der Waals surface area contributed by atoms with Gasteiger partial charge < -0.3 is 4.42 Å². The molecular weight excluding hydrogens is 344 g/mol. The van der Waals surface area contributed by atoms with Gasteiger partial charge in [-0.15, -0.1) is 0 Å². The van der Waals surface area contributed by atoms with E-state index in [1.807, 2.05) is 25.1 Å². The molecule has 3 heterocycles. The molecule has 0 saturated heterocycles. The Morgan fingerprint density at radius 1 is 0.821 bits per heavy atom. The second kappa shape index (κ2) is 6.31. The minimum Gasteiger partial charge on any atom is -0.438 e. The number of hydrogen-bond acceptors (Lipinski definition) is 2. The number of benzene rings is 2. The van der Waals surface area contributed by atoms with Gasteiger partial charge in [-0.1, -0.05) is 36.4 Å². The van der Waals surface area contributed by atoms with Crippen molar-refractivity contribution >= 4 is 22.1 Å². The van der Waals surface area contributed by atoms with Crippen LogP contribution in [-0.2, 0) is 7.05 Å². The molecule has 0 N–H and O–H groups in total. The Bertz CT molecular complexity index is 1330. The van der Waals surface area contributed by atoms with Crippen molar-refractivity contribution in [2.75, 3.05) is 0 Å². The van der Waals surface area contributed by atoms with E-state index < -0.39 is 0 Å². The lowest BCUT2D eigenvalue weighted by atomic mass is 9.97. The van der Waals surface area contributed by atoms with Crippen molar-refractivity contribution in [2.24, 2.45) is 7.05 Å². The lowest BCUT2D eigenvalue weighted by molar-refractivity contribution is -0.659. The first-order valence-electron chi connectivity index (χ1n) is 9.47. The van der Waals surface area contributed by atoms with Crippen molar-refractivity contribution in [3.05, 3.63) is 84.2 Å². The monoisotopic (exact) mass is 365 g/mol. The standard InChI is InChI=1S/C25H21N2O/c1-16-9-14-22-24(20-12-10-17(2)26-25(20)28-22)23(16)21-13-11-19(15-27(21)3)18-7-5-4-6-8-18/h4-15H,1-3H3/q+1. The third kappa shape index (κ3) is 2.59. The van der Waals surface area contributed by atoms with Gasteiger partial charge in [0.15, 0.2) is 6.20 Å². The van der Waals surface area contributed by atoms with E-state index >= 15 is 0 Å². The average Bonchev–Trinajstić information content (AvgIpc) is 3.06. The number of furan rings is 1. The number of hydrogen-bond donors (Lipinski definition) is 0. The first kappa shape index (κ1) is 16.7. The summed E-state index contributed by atoms with van der Waals surface area (Å²) in [7, 11) is 2.10. The minimum atomic E-state index is 0.699.